The van der Waals surface area contributed by atoms with Crippen LogP contribution < -0.4 is 0 Å². The molecule has 2 aliphatic heterocycles. The van der Waals surface area contributed by atoms with Crippen LogP contribution in [-0.2, 0) is 24.3 Å². The number of carbonyl (C=O) groups excluding carboxylic acids is 1. The maximum absolute atomic E-state index is 14.3. The van der Waals surface area contributed by atoms with Crippen LogP contribution in [0.1, 0.15) is 56.0 Å². The van der Waals surface area contributed by atoms with Crippen molar-refractivity contribution in [1.29, 1.82) is 0 Å². The number of likely N-dealkylation sites (tertiary alicyclic amines) is 2. The van der Waals surface area contributed by atoms with Crippen LogP contribution >= 0.6 is 0 Å². The molecule has 2 atom stereocenters. The second-order valence-corrected chi connectivity index (χ2v) is 8.11. The number of halogens is 1. The Labute approximate surface area is 172 Å². The molecule has 0 aliphatic carbocycles. The quantitative estimate of drug-likeness (QED) is 0.773. The summed E-state index contributed by atoms with van der Waals surface area (Å²) in [6, 6.07) is 7.23. The standard InChI is InChI=1S/C23H29FN4O/c1-2-22-25-13-17(14-26-22)15-27-12-11-21-20(27)9-5-6-10-23(29)28(21)16-18-7-3-4-8-19(18)24/h3-4,7-8,13-14,20-21H,2,5-6,9-12,15-16H2,1H3/t20-,21+/m1/s1. The van der Waals surface area contributed by atoms with Gasteiger partial charge in [0.05, 0.1) is 0 Å². The van der Waals surface area contributed by atoms with Crippen LogP contribution in [-0.4, -0.2) is 44.3 Å². The van der Waals surface area contributed by atoms with Crippen LogP contribution in [0.5, 0.6) is 0 Å². The Morgan fingerprint density at radius 3 is 2.62 bits per heavy atom. The Kier molecular flexibility index (Phi) is 6.19. The summed E-state index contributed by atoms with van der Waals surface area (Å²) in [4.78, 5) is 26.2. The van der Waals surface area contributed by atoms with Gasteiger partial charge < -0.3 is 4.90 Å². The van der Waals surface area contributed by atoms with Gasteiger partial charge in [-0.1, -0.05) is 31.5 Å². The molecule has 1 amide bonds. The van der Waals surface area contributed by atoms with Crippen molar-refractivity contribution in [3.05, 3.63) is 59.4 Å². The monoisotopic (exact) mass is 396 g/mol. The average molecular weight is 397 g/mol. The van der Waals surface area contributed by atoms with Crippen molar-refractivity contribution >= 4 is 5.91 Å². The molecule has 1 aromatic carbocycles. The van der Waals surface area contributed by atoms with Crippen LogP contribution in [0.2, 0.25) is 0 Å². The van der Waals surface area contributed by atoms with Gasteiger partial charge in [0.15, 0.2) is 0 Å². The number of aryl methyl sites for hydroxylation is 1. The molecule has 6 heteroatoms. The first-order valence-corrected chi connectivity index (χ1v) is 10.7. The molecule has 0 saturated carbocycles. The Balaban J connectivity index is 1.53. The molecule has 2 fully saturated rings. The smallest absolute Gasteiger partial charge is 0.223 e. The molecule has 154 valence electrons. The molecule has 2 aromatic rings. The Hall–Kier alpha value is -2.34. The van der Waals surface area contributed by atoms with Crippen molar-refractivity contribution in [2.45, 2.75) is 70.6 Å². The Morgan fingerprint density at radius 1 is 1.07 bits per heavy atom. The summed E-state index contributed by atoms with van der Waals surface area (Å²) in [5.41, 5.74) is 1.71. The van der Waals surface area contributed by atoms with Gasteiger partial charge in [-0.2, -0.15) is 0 Å². The van der Waals surface area contributed by atoms with Gasteiger partial charge in [-0.05, 0) is 25.3 Å². The predicted molar refractivity (Wildman–Crippen MR) is 109 cm³/mol. The van der Waals surface area contributed by atoms with Gasteiger partial charge in [0, 0.05) is 68.1 Å². The minimum atomic E-state index is -0.234. The largest absolute Gasteiger partial charge is 0.334 e. The van der Waals surface area contributed by atoms with E-state index in [0.717, 1.165) is 56.6 Å². The SMILES string of the molecule is CCc1ncc(CN2CC[C@H]3[C@H]2CCCCC(=O)N3Cc2ccccc2F)cn1. The highest BCUT2D eigenvalue weighted by molar-refractivity contribution is 5.76. The number of nitrogens with zero attached hydrogens (tertiary/aromatic N) is 4. The lowest BCUT2D eigenvalue weighted by molar-refractivity contribution is -0.135. The highest BCUT2D eigenvalue weighted by Crippen LogP contribution is 2.32. The van der Waals surface area contributed by atoms with E-state index < -0.39 is 0 Å². The molecular weight excluding hydrogens is 367 g/mol. The van der Waals surface area contributed by atoms with Crippen LogP contribution in [0.25, 0.3) is 0 Å². The molecule has 0 bridgehead atoms. The molecule has 2 aliphatic rings. The fraction of sp³-hybridized carbons (Fsp3) is 0.522. The number of aromatic nitrogens is 2. The second-order valence-electron chi connectivity index (χ2n) is 8.11. The molecule has 0 unspecified atom stereocenters. The van der Waals surface area contributed by atoms with E-state index in [1.807, 2.05) is 23.4 Å². The van der Waals surface area contributed by atoms with Gasteiger partial charge in [0.2, 0.25) is 5.91 Å². The van der Waals surface area contributed by atoms with E-state index in [9.17, 15) is 9.18 Å². The van der Waals surface area contributed by atoms with E-state index in [0.29, 0.717) is 24.6 Å². The third kappa shape index (κ3) is 4.47. The van der Waals surface area contributed by atoms with E-state index in [4.69, 9.17) is 0 Å². The molecule has 1 aromatic heterocycles. The van der Waals surface area contributed by atoms with Crippen molar-refractivity contribution in [3.63, 3.8) is 0 Å². The van der Waals surface area contributed by atoms with Crippen LogP contribution in [0, 0.1) is 5.82 Å². The first-order chi connectivity index (χ1) is 14.2. The van der Waals surface area contributed by atoms with Gasteiger partial charge >= 0.3 is 0 Å². The van der Waals surface area contributed by atoms with Crippen LogP contribution in [0.15, 0.2) is 36.7 Å². The number of rotatable bonds is 5. The van der Waals surface area contributed by atoms with Gasteiger partial charge in [-0.25, -0.2) is 14.4 Å². The molecule has 29 heavy (non-hydrogen) atoms. The van der Waals surface area contributed by atoms with E-state index in [2.05, 4.69) is 21.8 Å². The molecule has 5 nitrogen and oxygen atoms in total. The summed E-state index contributed by atoms with van der Waals surface area (Å²) in [6.07, 6.45) is 9.19. The van der Waals surface area contributed by atoms with Crippen LogP contribution in [0.3, 0.4) is 0 Å². The zero-order valence-corrected chi connectivity index (χ0v) is 17.1. The van der Waals surface area contributed by atoms with E-state index in [-0.39, 0.29) is 17.8 Å². The van der Waals surface area contributed by atoms with Gasteiger partial charge in [-0.3, -0.25) is 9.69 Å². The van der Waals surface area contributed by atoms with Crippen molar-refractivity contribution in [2.24, 2.45) is 0 Å². The number of amides is 1. The number of carbonyl (C=O) groups is 1. The Bertz CT molecular complexity index is 841. The van der Waals surface area contributed by atoms with E-state index >= 15 is 0 Å². The fourth-order valence-electron chi connectivity index (χ4n) is 4.69. The lowest BCUT2D eigenvalue weighted by atomic mass is 9.96. The molecular formula is C23H29FN4O. The van der Waals surface area contributed by atoms with E-state index in [1.54, 1.807) is 12.1 Å². The average Bonchev–Trinajstić information content (AvgIpc) is 3.11. The summed E-state index contributed by atoms with van der Waals surface area (Å²) in [5.74, 6) is 0.781. The highest BCUT2D eigenvalue weighted by atomic mass is 19.1. The molecule has 3 heterocycles. The number of hydrogen-bond acceptors (Lipinski definition) is 4. The van der Waals surface area contributed by atoms with Gasteiger partial charge in [0.1, 0.15) is 11.6 Å². The zero-order chi connectivity index (χ0) is 20.2. The third-order valence-corrected chi connectivity index (χ3v) is 6.25. The van der Waals surface area contributed by atoms with E-state index in [1.165, 1.54) is 6.07 Å². The fourth-order valence-corrected chi connectivity index (χ4v) is 4.69. The summed E-state index contributed by atoms with van der Waals surface area (Å²) in [6.45, 7) is 4.14. The van der Waals surface area contributed by atoms with Crippen molar-refractivity contribution in [3.8, 4) is 0 Å². The second kappa shape index (κ2) is 8.99. The topological polar surface area (TPSA) is 49.3 Å². The number of benzene rings is 1. The Morgan fingerprint density at radius 2 is 1.86 bits per heavy atom. The summed E-state index contributed by atoms with van der Waals surface area (Å²) in [7, 11) is 0. The van der Waals surface area contributed by atoms with Crippen LogP contribution in [0.4, 0.5) is 4.39 Å². The number of hydrogen-bond donors (Lipinski definition) is 0. The first-order valence-electron chi connectivity index (χ1n) is 10.7. The minimum absolute atomic E-state index is 0.137. The predicted octanol–water partition coefficient (Wildman–Crippen LogP) is 3.72. The number of fused-ring (bicyclic) bond motifs is 1. The van der Waals surface area contributed by atoms with Crippen molar-refractivity contribution in [2.75, 3.05) is 6.54 Å². The molecule has 4 rings (SSSR count). The van der Waals surface area contributed by atoms with Gasteiger partial charge in [-0.15, -0.1) is 0 Å². The van der Waals surface area contributed by atoms with Crippen molar-refractivity contribution < 1.29 is 9.18 Å². The normalized spacial score (nSPS) is 23.0. The molecule has 0 spiro atoms. The summed E-state index contributed by atoms with van der Waals surface area (Å²) in [5, 5.41) is 0. The molecule has 2 saturated heterocycles. The maximum atomic E-state index is 14.3. The minimum Gasteiger partial charge on any atom is -0.334 e. The lowest BCUT2D eigenvalue weighted by Crippen LogP contribution is -2.48. The molecule has 0 radical (unpaired) electrons. The summed E-state index contributed by atoms with van der Waals surface area (Å²) < 4.78 is 14.3. The van der Waals surface area contributed by atoms with Crippen molar-refractivity contribution in [1.82, 2.24) is 19.8 Å². The maximum Gasteiger partial charge on any atom is 0.223 e. The zero-order valence-electron chi connectivity index (χ0n) is 17.1. The summed E-state index contributed by atoms with van der Waals surface area (Å²) >= 11 is 0. The van der Waals surface area contributed by atoms with Gasteiger partial charge in [0.25, 0.3) is 0 Å². The first kappa shape index (κ1) is 20.0. The third-order valence-electron chi connectivity index (χ3n) is 6.25. The molecule has 0 N–H and O–H groups in total. The lowest BCUT2D eigenvalue weighted by Gasteiger charge is -2.37. The highest BCUT2D eigenvalue weighted by Gasteiger charge is 2.40.